The summed E-state index contributed by atoms with van der Waals surface area (Å²) in [5.74, 6) is 2.24. The van der Waals surface area contributed by atoms with Crippen LogP contribution in [0, 0.1) is 5.41 Å². The Balaban J connectivity index is 1.60. The molecule has 0 atom stereocenters. The van der Waals surface area contributed by atoms with Crippen LogP contribution < -0.4 is 9.47 Å². The first-order valence-electron chi connectivity index (χ1n) is 8.52. The summed E-state index contributed by atoms with van der Waals surface area (Å²) in [5.41, 5.74) is 3.01. The number of fused-ring (bicyclic) bond motifs is 1. The summed E-state index contributed by atoms with van der Waals surface area (Å²) in [6.07, 6.45) is 0. The van der Waals surface area contributed by atoms with Gasteiger partial charge in [0.25, 0.3) is 0 Å². The van der Waals surface area contributed by atoms with Crippen LogP contribution in [0.4, 0.5) is 0 Å². The number of para-hydroxylation sites is 2. The minimum Gasteiger partial charge on any atom is -0.510 e. The highest BCUT2D eigenvalue weighted by atomic mass is 16.5. The van der Waals surface area contributed by atoms with E-state index in [2.05, 4.69) is 9.97 Å². The van der Waals surface area contributed by atoms with Crippen molar-refractivity contribution in [3.63, 3.8) is 0 Å². The molecule has 2 heterocycles. The molecule has 3 N–H and O–H groups in total. The number of ether oxygens (including phenoxy) is 2. The molecule has 7 nitrogen and oxygen atoms in total. The minimum absolute atomic E-state index is 0.131. The highest BCUT2D eigenvalue weighted by molar-refractivity contribution is 6.23. The fourth-order valence-electron chi connectivity index (χ4n) is 3.28. The molecular formula is C20H20N4O3. The van der Waals surface area contributed by atoms with Crippen LogP contribution in [-0.4, -0.2) is 46.6 Å². The van der Waals surface area contributed by atoms with Crippen LogP contribution in [0.5, 0.6) is 11.5 Å². The molecule has 0 aliphatic carbocycles. The zero-order valence-corrected chi connectivity index (χ0v) is 15.1. The van der Waals surface area contributed by atoms with Crippen molar-refractivity contribution in [1.82, 2.24) is 14.9 Å². The van der Waals surface area contributed by atoms with E-state index in [1.165, 1.54) is 0 Å². The highest BCUT2D eigenvalue weighted by Crippen LogP contribution is 2.31. The molecule has 0 saturated carbocycles. The third-order valence-corrected chi connectivity index (χ3v) is 4.66. The average Bonchev–Trinajstić information content (AvgIpc) is 3.22. The van der Waals surface area contributed by atoms with Crippen LogP contribution in [0.15, 0.2) is 48.2 Å². The van der Waals surface area contributed by atoms with Gasteiger partial charge in [-0.3, -0.25) is 5.41 Å². The Labute approximate surface area is 156 Å². The molecule has 0 unspecified atom stereocenters. The van der Waals surface area contributed by atoms with Gasteiger partial charge in [-0.25, -0.2) is 4.98 Å². The lowest BCUT2D eigenvalue weighted by atomic mass is 10.1. The van der Waals surface area contributed by atoms with Gasteiger partial charge in [0.1, 0.15) is 28.9 Å². The van der Waals surface area contributed by atoms with Gasteiger partial charge in [0.2, 0.25) is 0 Å². The zero-order valence-electron chi connectivity index (χ0n) is 15.1. The van der Waals surface area contributed by atoms with E-state index in [0.29, 0.717) is 29.4 Å². The van der Waals surface area contributed by atoms with Gasteiger partial charge < -0.3 is 24.5 Å². The molecule has 0 saturated heterocycles. The molecule has 3 aromatic rings. The summed E-state index contributed by atoms with van der Waals surface area (Å²) in [7, 11) is 3.20. The summed E-state index contributed by atoms with van der Waals surface area (Å²) < 4.78 is 10.7. The summed E-state index contributed by atoms with van der Waals surface area (Å²) in [5, 5.41) is 19.0. The van der Waals surface area contributed by atoms with Crippen LogP contribution >= 0.6 is 0 Å². The molecule has 1 aliphatic rings. The first kappa shape index (κ1) is 17.0. The molecule has 138 valence electrons. The molecule has 0 fully saturated rings. The van der Waals surface area contributed by atoms with Crippen molar-refractivity contribution in [3.05, 3.63) is 59.6 Å². The normalized spacial score (nSPS) is 14.3. The Morgan fingerprint density at radius 2 is 2.00 bits per heavy atom. The van der Waals surface area contributed by atoms with Crippen LogP contribution in [0.25, 0.3) is 16.6 Å². The standard InChI is InChI=1S/C20H20N4O3/c1-26-13-8-7-12(17(9-13)27-2)10-24-11-16(25)18(19(24)21)20-22-14-5-3-4-6-15(14)23-20/h3-9,21,25H,10-11H2,1-2H3,(H,22,23). The maximum Gasteiger partial charge on any atom is 0.145 e. The number of methoxy groups -OCH3 is 2. The maximum atomic E-state index is 10.5. The number of nitrogens with zero attached hydrogens (tertiary/aromatic N) is 2. The first-order valence-corrected chi connectivity index (χ1v) is 8.52. The quantitative estimate of drug-likeness (QED) is 0.645. The number of hydrogen-bond donors (Lipinski definition) is 3. The van der Waals surface area contributed by atoms with E-state index in [0.717, 1.165) is 16.6 Å². The second kappa shape index (κ2) is 6.68. The lowest BCUT2D eigenvalue weighted by Crippen LogP contribution is -2.26. The smallest absolute Gasteiger partial charge is 0.145 e. The molecule has 2 aromatic carbocycles. The van der Waals surface area contributed by atoms with Gasteiger partial charge >= 0.3 is 0 Å². The molecule has 0 radical (unpaired) electrons. The Morgan fingerprint density at radius 3 is 2.74 bits per heavy atom. The van der Waals surface area contributed by atoms with Gasteiger partial charge in [0.05, 0.1) is 37.4 Å². The van der Waals surface area contributed by atoms with Gasteiger partial charge in [-0.05, 0) is 24.3 Å². The number of rotatable bonds is 5. The van der Waals surface area contributed by atoms with Crippen molar-refractivity contribution in [3.8, 4) is 11.5 Å². The van der Waals surface area contributed by atoms with E-state index in [9.17, 15) is 5.11 Å². The fraction of sp³-hybridized carbons (Fsp3) is 0.200. The summed E-state index contributed by atoms with van der Waals surface area (Å²) in [4.78, 5) is 9.47. The number of imidazole rings is 1. The van der Waals surface area contributed by atoms with Gasteiger partial charge in [-0.1, -0.05) is 12.1 Å². The van der Waals surface area contributed by atoms with Crippen molar-refractivity contribution in [2.75, 3.05) is 20.8 Å². The van der Waals surface area contributed by atoms with E-state index in [1.54, 1.807) is 19.1 Å². The molecule has 0 bridgehead atoms. The van der Waals surface area contributed by atoms with E-state index in [1.807, 2.05) is 42.5 Å². The van der Waals surface area contributed by atoms with Gasteiger partial charge in [0, 0.05) is 18.2 Å². The number of aromatic amines is 1. The van der Waals surface area contributed by atoms with Crippen molar-refractivity contribution < 1.29 is 14.6 Å². The third kappa shape index (κ3) is 2.97. The van der Waals surface area contributed by atoms with Gasteiger partial charge in [0.15, 0.2) is 0 Å². The number of hydrogen-bond acceptors (Lipinski definition) is 5. The van der Waals surface area contributed by atoms with Gasteiger partial charge in [-0.2, -0.15) is 0 Å². The molecule has 27 heavy (non-hydrogen) atoms. The molecule has 7 heteroatoms. The van der Waals surface area contributed by atoms with Crippen LogP contribution in [0.3, 0.4) is 0 Å². The predicted octanol–water partition coefficient (Wildman–Crippen LogP) is 3.34. The van der Waals surface area contributed by atoms with Crippen LogP contribution in [0.1, 0.15) is 11.4 Å². The molecule has 1 aliphatic heterocycles. The SMILES string of the molecule is COc1ccc(CN2CC(O)=C(c3nc4ccccc4[nH]3)C2=N)c(OC)c1. The Kier molecular flexibility index (Phi) is 4.19. The van der Waals surface area contributed by atoms with E-state index >= 15 is 0 Å². The van der Waals surface area contributed by atoms with E-state index < -0.39 is 0 Å². The third-order valence-electron chi connectivity index (χ3n) is 4.66. The maximum absolute atomic E-state index is 10.5. The number of benzene rings is 2. The van der Waals surface area contributed by atoms with Gasteiger partial charge in [-0.15, -0.1) is 0 Å². The molecule has 4 rings (SSSR count). The summed E-state index contributed by atoms with van der Waals surface area (Å²) in [6.45, 7) is 0.681. The Hall–Kier alpha value is -3.48. The second-order valence-corrected chi connectivity index (χ2v) is 6.31. The Morgan fingerprint density at radius 1 is 1.19 bits per heavy atom. The number of aromatic nitrogens is 2. The van der Waals surface area contributed by atoms with Crippen molar-refractivity contribution in [1.29, 1.82) is 5.41 Å². The van der Waals surface area contributed by atoms with Crippen molar-refractivity contribution in [2.45, 2.75) is 6.54 Å². The van der Waals surface area contributed by atoms with E-state index in [4.69, 9.17) is 14.9 Å². The first-order chi connectivity index (χ1) is 13.1. The number of aliphatic hydroxyl groups is 1. The average molecular weight is 364 g/mol. The number of amidine groups is 1. The van der Waals surface area contributed by atoms with Crippen molar-refractivity contribution in [2.24, 2.45) is 0 Å². The lowest BCUT2D eigenvalue weighted by molar-refractivity contribution is 0.339. The highest BCUT2D eigenvalue weighted by Gasteiger charge is 2.30. The number of aliphatic hydroxyl groups excluding tert-OH is 1. The van der Waals surface area contributed by atoms with Crippen LogP contribution in [0.2, 0.25) is 0 Å². The monoisotopic (exact) mass is 364 g/mol. The topological polar surface area (TPSA) is 94.5 Å². The van der Waals surface area contributed by atoms with Crippen molar-refractivity contribution >= 4 is 22.4 Å². The largest absolute Gasteiger partial charge is 0.510 e. The van der Waals surface area contributed by atoms with E-state index in [-0.39, 0.29) is 18.1 Å². The second-order valence-electron chi connectivity index (χ2n) is 6.31. The summed E-state index contributed by atoms with van der Waals surface area (Å²) in [6, 6.07) is 13.2. The molecular weight excluding hydrogens is 344 g/mol. The summed E-state index contributed by atoms with van der Waals surface area (Å²) >= 11 is 0. The minimum atomic E-state index is 0.131. The molecule has 0 amide bonds. The number of H-pyrrole nitrogens is 1. The lowest BCUT2D eigenvalue weighted by Gasteiger charge is -2.20. The zero-order chi connectivity index (χ0) is 19.0. The molecule has 1 aromatic heterocycles. The van der Waals surface area contributed by atoms with Crippen LogP contribution in [-0.2, 0) is 6.54 Å². The fourth-order valence-corrected chi connectivity index (χ4v) is 3.28. The molecule has 0 spiro atoms. The Bertz CT molecular complexity index is 1020. The number of nitrogens with one attached hydrogen (secondary N) is 2. The predicted molar refractivity (Wildman–Crippen MR) is 103 cm³/mol.